The predicted octanol–water partition coefficient (Wildman–Crippen LogP) is 3.66. The zero-order valence-corrected chi connectivity index (χ0v) is 17.0. The highest BCUT2D eigenvalue weighted by Gasteiger charge is 2.27. The molecule has 2 aliphatic rings. The Morgan fingerprint density at radius 1 is 1.24 bits per heavy atom. The van der Waals surface area contributed by atoms with Crippen LogP contribution < -0.4 is 0 Å². The molecule has 25 heavy (non-hydrogen) atoms. The van der Waals surface area contributed by atoms with Crippen molar-refractivity contribution in [3.8, 4) is 0 Å². The Morgan fingerprint density at radius 2 is 2.00 bits per heavy atom. The first-order valence-corrected chi connectivity index (χ1v) is 10.4. The molecule has 2 fully saturated rings. The maximum absolute atomic E-state index is 12.7. The van der Waals surface area contributed by atoms with Crippen LogP contribution >= 0.6 is 15.9 Å². The summed E-state index contributed by atoms with van der Waals surface area (Å²) in [5.41, 5.74) is 0.494. The molecule has 3 heterocycles. The number of likely N-dealkylation sites (tertiary alicyclic amines) is 2. The van der Waals surface area contributed by atoms with Crippen LogP contribution in [0.15, 0.2) is 10.7 Å². The second-order valence-electron chi connectivity index (χ2n) is 7.52. The van der Waals surface area contributed by atoms with E-state index in [-0.39, 0.29) is 5.91 Å². The standard InChI is InChI=1S/C19H29BrN4O/c1-14-5-3-4-9-23(14)10-6-16-7-11-24(12-8-16)19(25)18-17(20)13-21-15(2)22-18/h13-14,16H,3-12H2,1-2H3/t14-/m0/s1. The van der Waals surface area contributed by atoms with Crippen molar-refractivity contribution in [1.29, 1.82) is 0 Å². The van der Waals surface area contributed by atoms with Crippen molar-refractivity contribution in [2.75, 3.05) is 26.2 Å². The third kappa shape index (κ3) is 4.79. The highest BCUT2D eigenvalue weighted by molar-refractivity contribution is 9.10. The number of nitrogens with zero attached hydrogens (tertiary/aromatic N) is 4. The molecular weight excluding hydrogens is 380 g/mol. The average molecular weight is 409 g/mol. The second kappa shape index (κ2) is 8.58. The van der Waals surface area contributed by atoms with E-state index in [1.165, 1.54) is 38.8 Å². The molecule has 1 aromatic rings. The summed E-state index contributed by atoms with van der Waals surface area (Å²) in [6.07, 6.45) is 9.23. The Kier molecular flexibility index (Phi) is 6.44. The minimum absolute atomic E-state index is 0.0282. The van der Waals surface area contributed by atoms with Crippen LogP contribution in [0.3, 0.4) is 0 Å². The van der Waals surface area contributed by atoms with Gasteiger partial charge in [0, 0.05) is 25.3 Å². The van der Waals surface area contributed by atoms with E-state index in [1.54, 1.807) is 6.20 Å². The molecule has 0 saturated carbocycles. The van der Waals surface area contributed by atoms with Crippen LogP contribution in [0.5, 0.6) is 0 Å². The van der Waals surface area contributed by atoms with Gasteiger partial charge in [-0.25, -0.2) is 9.97 Å². The lowest BCUT2D eigenvalue weighted by molar-refractivity contribution is 0.0665. The van der Waals surface area contributed by atoms with E-state index in [2.05, 4.69) is 37.7 Å². The summed E-state index contributed by atoms with van der Waals surface area (Å²) in [5.74, 6) is 1.41. The van der Waals surface area contributed by atoms with Crippen molar-refractivity contribution in [1.82, 2.24) is 19.8 Å². The Bertz CT molecular complexity index is 601. The fourth-order valence-electron chi connectivity index (χ4n) is 4.02. The highest BCUT2D eigenvalue weighted by Crippen LogP contribution is 2.25. The minimum atomic E-state index is 0.0282. The van der Waals surface area contributed by atoms with Crippen molar-refractivity contribution in [2.24, 2.45) is 5.92 Å². The lowest BCUT2D eigenvalue weighted by Crippen LogP contribution is -2.41. The van der Waals surface area contributed by atoms with Crippen molar-refractivity contribution < 1.29 is 4.79 Å². The molecule has 0 spiro atoms. The quantitative estimate of drug-likeness (QED) is 0.762. The molecule has 0 N–H and O–H groups in total. The lowest BCUT2D eigenvalue weighted by atomic mass is 9.92. The van der Waals surface area contributed by atoms with Gasteiger partial charge < -0.3 is 9.80 Å². The monoisotopic (exact) mass is 408 g/mol. The summed E-state index contributed by atoms with van der Waals surface area (Å²) in [7, 11) is 0. The molecule has 0 radical (unpaired) electrons. The van der Waals surface area contributed by atoms with Gasteiger partial charge in [-0.2, -0.15) is 0 Å². The van der Waals surface area contributed by atoms with Crippen LogP contribution in [0.4, 0.5) is 0 Å². The predicted molar refractivity (Wildman–Crippen MR) is 103 cm³/mol. The number of aromatic nitrogens is 2. The van der Waals surface area contributed by atoms with Gasteiger partial charge in [0.05, 0.1) is 4.47 Å². The molecule has 0 aliphatic carbocycles. The number of halogens is 1. The number of piperidine rings is 2. The van der Waals surface area contributed by atoms with E-state index in [0.29, 0.717) is 16.0 Å². The first kappa shape index (κ1) is 18.8. The molecule has 0 bridgehead atoms. The van der Waals surface area contributed by atoms with Crippen molar-refractivity contribution in [3.63, 3.8) is 0 Å². The Labute approximate surface area is 159 Å². The van der Waals surface area contributed by atoms with Gasteiger partial charge in [0.2, 0.25) is 0 Å². The summed E-state index contributed by atoms with van der Waals surface area (Å²) in [5, 5.41) is 0. The molecule has 138 valence electrons. The summed E-state index contributed by atoms with van der Waals surface area (Å²) in [6.45, 7) is 8.35. The summed E-state index contributed by atoms with van der Waals surface area (Å²) in [6, 6.07) is 0.744. The van der Waals surface area contributed by atoms with Crippen LogP contribution in [0.25, 0.3) is 0 Å². The van der Waals surface area contributed by atoms with Crippen molar-refractivity contribution in [2.45, 2.75) is 58.4 Å². The zero-order chi connectivity index (χ0) is 17.8. The van der Waals surface area contributed by atoms with Crippen LogP contribution in [0.2, 0.25) is 0 Å². The van der Waals surface area contributed by atoms with Crippen LogP contribution in [-0.4, -0.2) is 57.9 Å². The number of hydrogen-bond donors (Lipinski definition) is 0. The second-order valence-corrected chi connectivity index (χ2v) is 8.37. The Hall–Kier alpha value is -1.01. The van der Waals surface area contributed by atoms with Gasteiger partial charge in [-0.3, -0.25) is 4.79 Å². The summed E-state index contributed by atoms with van der Waals surface area (Å²) >= 11 is 3.41. The van der Waals surface area contributed by atoms with Crippen molar-refractivity contribution >= 4 is 21.8 Å². The molecule has 1 atom stereocenters. The van der Waals surface area contributed by atoms with Gasteiger partial charge in [-0.15, -0.1) is 0 Å². The maximum Gasteiger partial charge on any atom is 0.273 e. The molecular formula is C19H29BrN4O. The average Bonchev–Trinajstić information content (AvgIpc) is 2.63. The van der Waals surface area contributed by atoms with Gasteiger partial charge in [0.25, 0.3) is 5.91 Å². The highest BCUT2D eigenvalue weighted by atomic mass is 79.9. The lowest BCUT2D eigenvalue weighted by Gasteiger charge is -2.36. The molecule has 6 heteroatoms. The fourth-order valence-corrected chi connectivity index (χ4v) is 4.38. The van der Waals surface area contributed by atoms with Crippen LogP contribution in [0.1, 0.15) is 61.8 Å². The molecule has 5 nitrogen and oxygen atoms in total. The van der Waals surface area contributed by atoms with Gasteiger partial charge in [-0.1, -0.05) is 6.42 Å². The Morgan fingerprint density at radius 3 is 2.72 bits per heavy atom. The normalized spacial score (nSPS) is 23.0. The van der Waals surface area contributed by atoms with E-state index in [9.17, 15) is 4.79 Å². The van der Waals surface area contributed by atoms with Gasteiger partial charge in [0.15, 0.2) is 0 Å². The number of carbonyl (C=O) groups is 1. The smallest absolute Gasteiger partial charge is 0.273 e. The molecule has 0 unspecified atom stereocenters. The van der Waals surface area contributed by atoms with Crippen LogP contribution in [-0.2, 0) is 0 Å². The summed E-state index contributed by atoms with van der Waals surface area (Å²) in [4.78, 5) is 25.8. The minimum Gasteiger partial charge on any atom is -0.337 e. The molecule has 2 aliphatic heterocycles. The largest absolute Gasteiger partial charge is 0.337 e. The van der Waals surface area contributed by atoms with E-state index in [0.717, 1.165) is 37.9 Å². The first-order valence-electron chi connectivity index (χ1n) is 9.57. The maximum atomic E-state index is 12.7. The number of carbonyl (C=O) groups excluding carboxylic acids is 1. The molecule has 2 saturated heterocycles. The Balaban J connectivity index is 1.48. The molecule has 1 aromatic heterocycles. The molecule has 0 aromatic carbocycles. The first-order chi connectivity index (χ1) is 12.0. The third-order valence-corrected chi connectivity index (χ3v) is 6.31. The fraction of sp³-hybridized carbons (Fsp3) is 0.737. The van der Waals surface area contributed by atoms with E-state index in [4.69, 9.17) is 0 Å². The van der Waals surface area contributed by atoms with E-state index in [1.807, 2.05) is 11.8 Å². The van der Waals surface area contributed by atoms with Gasteiger partial charge in [0.1, 0.15) is 11.5 Å². The number of amides is 1. The summed E-state index contributed by atoms with van der Waals surface area (Å²) < 4.78 is 0.685. The third-order valence-electron chi connectivity index (χ3n) is 5.73. The van der Waals surface area contributed by atoms with E-state index >= 15 is 0 Å². The molecule has 1 amide bonds. The number of rotatable bonds is 4. The van der Waals surface area contributed by atoms with E-state index < -0.39 is 0 Å². The zero-order valence-electron chi connectivity index (χ0n) is 15.4. The van der Waals surface area contributed by atoms with Gasteiger partial charge >= 0.3 is 0 Å². The topological polar surface area (TPSA) is 49.3 Å². The number of aryl methyl sites for hydroxylation is 1. The molecule has 3 rings (SSSR count). The number of hydrogen-bond acceptors (Lipinski definition) is 4. The van der Waals surface area contributed by atoms with Crippen LogP contribution in [0, 0.1) is 12.8 Å². The van der Waals surface area contributed by atoms with Gasteiger partial charge in [-0.05, 0) is 80.9 Å². The van der Waals surface area contributed by atoms with Crippen molar-refractivity contribution in [3.05, 3.63) is 22.2 Å². The SMILES string of the molecule is Cc1ncc(Br)c(C(=O)N2CCC(CCN3CCCC[C@@H]3C)CC2)n1.